The average molecular weight is 255 g/mol. The van der Waals surface area contributed by atoms with Gasteiger partial charge in [-0.25, -0.2) is 0 Å². The topological polar surface area (TPSA) is 88.3 Å². The van der Waals surface area contributed by atoms with Gasteiger partial charge in [-0.3, -0.25) is 10.1 Å². The van der Waals surface area contributed by atoms with Crippen molar-refractivity contribution in [3.05, 3.63) is 11.7 Å². The molecule has 0 radical (unpaired) electrons. The first-order valence-corrected chi connectivity index (χ1v) is 6.20. The van der Waals surface area contributed by atoms with Crippen molar-refractivity contribution < 1.29 is 14.4 Å². The summed E-state index contributed by atoms with van der Waals surface area (Å²) in [4.78, 5) is 15.4. The second-order valence-corrected chi connectivity index (χ2v) is 4.94. The minimum absolute atomic E-state index is 0.174. The summed E-state index contributed by atoms with van der Waals surface area (Å²) < 4.78 is 5.06. The first kappa shape index (κ1) is 14.6. The van der Waals surface area contributed by atoms with E-state index in [1.54, 1.807) is 6.92 Å². The molecule has 0 saturated heterocycles. The van der Waals surface area contributed by atoms with Crippen molar-refractivity contribution in [2.24, 2.45) is 0 Å². The lowest BCUT2D eigenvalue weighted by molar-refractivity contribution is -0.144. The Morgan fingerprint density at radius 2 is 2.22 bits per heavy atom. The Morgan fingerprint density at radius 1 is 1.56 bits per heavy atom. The van der Waals surface area contributed by atoms with Gasteiger partial charge in [0.25, 0.3) is 0 Å². The highest BCUT2D eigenvalue weighted by atomic mass is 16.5. The lowest BCUT2D eigenvalue weighted by Gasteiger charge is -2.24. The minimum Gasteiger partial charge on any atom is -0.480 e. The quantitative estimate of drug-likeness (QED) is 0.774. The maximum absolute atomic E-state index is 11.2. The molecule has 0 aliphatic rings. The summed E-state index contributed by atoms with van der Waals surface area (Å²) >= 11 is 0. The van der Waals surface area contributed by atoms with Crippen LogP contribution in [0, 0.1) is 0 Å². The molecule has 1 aromatic rings. The molecule has 1 atom stereocenters. The minimum atomic E-state index is -0.951. The number of carboxylic acid groups (broad SMARTS) is 1. The smallest absolute Gasteiger partial charge is 0.323 e. The molecule has 1 unspecified atom stereocenters. The summed E-state index contributed by atoms with van der Waals surface area (Å²) in [6.07, 6.45) is 1.34. The molecule has 2 N–H and O–H groups in total. The van der Waals surface area contributed by atoms with Crippen LogP contribution in [0.5, 0.6) is 0 Å². The third kappa shape index (κ3) is 3.53. The van der Waals surface area contributed by atoms with Crippen molar-refractivity contribution in [1.82, 2.24) is 15.5 Å². The van der Waals surface area contributed by atoms with E-state index in [1.807, 2.05) is 20.8 Å². The molecule has 0 fully saturated rings. The summed E-state index contributed by atoms with van der Waals surface area (Å²) in [5.41, 5.74) is -0.951. The van der Waals surface area contributed by atoms with Crippen LogP contribution in [0.25, 0.3) is 0 Å². The van der Waals surface area contributed by atoms with Crippen LogP contribution in [0.15, 0.2) is 4.52 Å². The zero-order valence-corrected chi connectivity index (χ0v) is 11.4. The first-order chi connectivity index (χ1) is 8.39. The lowest BCUT2D eigenvalue weighted by atomic mass is 9.96. The van der Waals surface area contributed by atoms with Crippen molar-refractivity contribution >= 4 is 5.97 Å². The number of hydrogen-bond donors (Lipinski definition) is 2. The molecule has 1 heterocycles. The van der Waals surface area contributed by atoms with Crippen LogP contribution >= 0.6 is 0 Å². The summed E-state index contributed by atoms with van der Waals surface area (Å²) in [6.45, 7) is 7.84. The van der Waals surface area contributed by atoms with Gasteiger partial charge in [0.05, 0.1) is 6.54 Å². The maximum atomic E-state index is 11.2. The highest BCUT2D eigenvalue weighted by molar-refractivity contribution is 5.78. The Morgan fingerprint density at radius 3 is 2.67 bits per heavy atom. The van der Waals surface area contributed by atoms with E-state index < -0.39 is 11.5 Å². The molecule has 1 aromatic heterocycles. The normalized spacial score (nSPS) is 14.7. The first-order valence-electron chi connectivity index (χ1n) is 6.20. The highest BCUT2D eigenvalue weighted by Gasteiger charge is 2.31. The third-order valence-electron chi connectivity index (χ3n) is 2.84. The molecule has 18 heavy (non-hydrogen) atoms. The molecule has 0 amide bonds. The van der Waals surface area contributed by atoms with E-state index in [-0.39, 0.29) is 5.92 Å². The van der Waals surface area contributed by atoms with Gasteiger partial charge < -0.3 is 9.63 Å². The van der Waals surface area contributed by atoms with Crippen molar-refractivity contribution in [3.63, 3.8) is 0 Å². The average Bonchev–Trinajstić information content (AvgIpc) is 2.75. The van der Waals surface area contributed by atoms with E-state index in [0.717, 1.165) is 6.42 Å². The van der Waals surface area contributed by atoms with Crippen molar-refractivity contribution in [2.75, 3.05) is 0 Å². The predicted octanol–water partition coefficient (Wildman–Crippen LogP) is 1.93. The molecule has 0 bridgehead atoms. The highest BCUT2D eigenvalue weighted by Crippen LogP contribution is 2.14. The van der Waals surface area contributed by atoms with Gasteiger partial charge >= 0.3 is 5.97 Å². The zero-order chi connectivity index (χ0) is 13.8. The summed E-state index contributed by atoms with van der Waals surface area (Å²) in [5.74, 6) is 0.367. The van der Waals surface area contributed by atoms with Crippen molar-refractivity contribution in [2.45, 2.75) is 58.5 Å². The molecule has 0 saturated carbocycles. The number of nitrogens with one attached hydrogen (secondary N) is 1. The Hall–Kier alpha value is -1.43. The lowest BCUT2D eigenvalue weighted by Crippen LogP contribution is -2.49. The van der Waals surface area contributed by atoms with Crippen LogP contribution in [0.2, 0.25) is 0 Å². The number of hydrogen-bond acceptors (Lipinski definition) is 5. The molecule has 6 nitrogen and oxygen atoms in total. The Balaban J connectivity index is 2.64. The van der Waals surface area contributed by atoms with E-state index in [9.17, 15) is 9.90 Å². The molecule has 6 heteroatoms. The standard InChI is InChI=1S/C12H21N3O3/c1-5-6-12(4,11(16)17)13-7-9-14-10(8(2)3)18-15-9/h8,13H,5-7H2,1-4H3,(H,16,17). The Kier molecular flexibility index (Phi) is 4.84. The number of rotatable bonds is 7. The van der Waals surface area contributed by atoms with Crippen LogP contribution in [0.3, 0.4) is 0 Å². The van der Waals surface area contributed by atoms with Gasteiger partial charge in [0.1, 0.15) is 5.54 Å². The summed E-state index contributed by atoms with van der Waals surface area (Å²) in [6, 6.07) is 0. The Labute approximate surface area is 107 Å². The fourth-order valence-corrected chi connectivity index (χ4v) is 1.62. The van der Waals surface area contributed by atoms with Gasteiger partial charge in [0.2, 0.25) is 5.89 Å². The van der Waals surface area contributed by atoms with E-state index in [4.69, 9.17) is 4.52 Å². The van der Waals surface area contributed by atoms with E-state index >= 15 is 0 Å². The summed E-state index contributed by atoms with van der Waals surface area (Å²) in [5, 5.41) is 16.0. The van der Waals surface area contributed by atoms with Gasteiger partial charge in [-0.2, -0.15) is 4.98 Å². The third-order valence-corrected chi connectivity index (χ3v) is 2.84. The molecular formula is C12H21N3O3. The number of aliphatic carboxylic acids is 1. The van der Waals surface area contributed by atoms with E-state index in [1.165, 1.54) is 0 Å². The fraction of sp³-hybridized carbons (Fsp3) is 0.750. The van der Waals surface area contributed by atoms with Gasteiger partial charge in [0, 0.05) is 5.92 Å². The van der Waals surface area contributed by atoms with Gasteiger partial charge in [-0.15, -0.1) is 0 Å². The van der Waals surface area contributed by atoms with Crippen LogP contribution in [-0.2, 0) is 11.3 Å². The number of carbonyl (C=O) groups is 1. The van der Waals surface area contributed by atoms with Crippen molar-refractivity contribution in [1.29, 1.82) is 0 Å². The summed E-state index contributed by atoms with van der Waals surface area (Å²) in [7, 11) is 0. The molecular weight excluding hydrogens is 234 g/mol. The van der Waals surface area contributed by atoms with E-state index in [2.05, 4.69) is 15.5 Å². The van der Waals surface area contributed by atoms with Crippen LogP contribution in [0.4, 0.5) is 0 Å². The number of nitrogens with zero attached hydrogens (tertiary/aromatic N) is 2. The number of aromatic nitrogens is 2. The SMILES string of the molecule is CCCC(C)(NCc1noc(C(C)C)n1)C(=O)O. The van der Waals surface area contributed by atoms with E-state index in [0.29, 0.717) is 24.7 Å². The second-order valence-electron chi connectivity index (χ2n) is 4.94. The largest absolute Gasteiger partial charge is 0.480 e. The van der Waals surface area contributed by atoms with Crippen molar-refractivity contribution in [3.8, 4) is 0 Å². The van der Waals surface area contributed by atoms with Gasteiger partial charge in [-0.1, -0.05) is 32.3 Å². The monoisotopic (exact) mass is 255 g/mol. The second kappa shape index (κ2) is 5.95. The Bertz CT molecular complexity index is 403. The molecule has 102 valence electrons. The number of carboxylic acids is 1. The van der Waals surface area contributed by atoms with Crippen LogP contribution in [0.1, 0.15) is 58.2 Å². The zero-order valence-electron chi connectivity index (χ0n) is 11.4. The molecule has 0 aliphatic heterocycles. The molecule has 1 rings (SSSR count). The van der Waals surface area contributed by atoms with Gasteiger partial charge in [-0.05, 0) is 13.3 Å². The molecule has 0 aromatic carbocycles. The maximum Gasteiger partial charge on any atom is 0.323 e. The fourth-order valence-electron chi connectivity index (χ4n) is 1.62. The van der Waals surface area contributed by atoms with Crippen LogP contribution < -0.4 is 5.32 Å². The molecule has 0 aliphatic carbocycles. The van der Waals surface area contributed by atoms with Gasteiger partial charge in [0.15, 0.2) is 5.82 Å². The van der Waals surface area contributed by atoms with Crippen LogP contribution in [-0.4, -0.2) is 26.8 Å². The predicted molar refractivity (Wildman–Crippen MR) is 66.2 cm³/mol. The molecule has 0 spiro atoms.